The fraction of sp³-hybridized carbons (Fsp3) is 0.154. The lowest BCUT2D eigenvalue weighted by molar-refractivity contribution is 0.0603. The van der Waals surface area contributed by atoms with Crippen molar-refractivity contribution in [1.29, 1.82) is 0 Å². The Balaban J connectivity index is 1.58. The molecule has 0 saturated carbocycles. The first kappa shape index (κ1) is 24.3. The number of fused-ring (bicyclic) bond motifs is 2. The minimum Gasteiger partial charge on any atom is -0.486 e. The van der Waals surface area contributed by atoms with Crippen LogP contribution in [0.15, 0.2) is 77.8 Å². The van der Waals surface area contributed by atoms with E-state index in [1.165, 1.54) is 48.2 Å². The zero-order valence-electron chi connectivity index (χ0n) is 19.6. The van der Waals surface area contributed by atoms with Gasteiger partial charge in [0.1, 0.15) is 25.6 Å². The summed E-state index contributed by atoms with van der Waals surface area (Å²) in [6.07, 6.45) is 1.32. The first-order valence-electron chi connectivity index (χ1n) is 11.2. The van der Waals surface area contributed by atoms with Gasteiger partial charge in [-0.05, 0) is 42.5 Å². The minimum atomic E-state index is -4.32. The van der Waals surface area contributed by atoms with Gasteiger partial charge < -0.3 is 14.2 Å². The molecule has 0 amide bonds. The number of para-hydroxylation sites is 1. The highest BCUT2D eigenvalue weighted by molar-refractivity contribution is 7.92. The maximum atomic E-state index is 13.8. The number of rotatable bonds is 6. The van der Waals surface area contributed by atoms with E-state index in [-0.39, 0.29) is 28.5 Å². The molecule has 4 aromatic rings. The Hall–Kier alpha value is -4.38. The Morgan fingerprint density at radius 2 is 1.70 bits per heavy atom. The molecule has 1 aliphatic heterocycles. The molecule has 0 N–H and O–H groups in total. The highest BCUT2D eigenvalue weighted by atomic mass is 32.2. The van der Waals surface area contributed by atoms with Gasteiger partial charge in [-0.15, -0.1) is 0 Å². The van der Waals surface area contributed by atoms with Gasteiger partial charge in [-0.3, -0.25) is 13.7 Å². The van der Waals surface area contributed by atoms with Crippen molar-refractivity contribution in [2.75, 3.05) is 31.2 Å². The van der Waals surface area contributed by atoms with E-state index in [4.69, 9.17) is 14.2 Å². The Bertz CT molecular complexity index is 1610. The molecule has 0 radical (unpaired) electrons. The Morgan fingerprint density at radius 3 is 2.43 bits per heavy atom. The molecule has 0 fully saturated rings. The second kappa shape index (κ2) is 9.58. The molecule has 2 heterocycles. The van der Waals surface area contributed by atoms with E-state index >= 15 is 0 Å². The van der Waals surface area contributed by atoms with E-state index in [2.05, 4.69) is 0 Å². The number of benzene rings is 3. The highest BCUT2D eigenvalue weighted by Gasteiger charge is 2.30. The number of carbonyl (C=O) groups is 2. The van der Waals surface area contributed by atoms with Crippen LogP contribution in [0.1, 0.15) is 15.2 Å². The molecule has 3 aromatic carbocycles. The fourth-order valence-electron chi connectivity index (χ4n) is 4.09. The van der Waals surface area contributed by atoms with Crippen LogP contribution in [-0.2, 0) is 14.8 Å². The Kier molecular flexibility index (Phi) is 6.30. The lowest BCUT2D eigenvalue weighted by Crippen LogP contribution is -2.37. The van der Waals surface area contributed by atoms with Crippen molar-refractivity contribution in [3.8, 4) is 11.5 Å². The lowest BCUT2D eigenvalue weighted by Gasteiger charge is -2.25. The van der Waals surface area contributed by atoms with E-state index in [1.807, 2.05) is 0 Å². The molecule has 0 bridgehead atoms. The molecule has 9 nitrogen and oxygen atoms in total. The van der Waals surface area contributed by atoms with E-state index < -0.39 is 34.3 Å². The summed E-state index contributed by atoms with van der Waals surface area (Å²) in [6, 6.07) is 15.6. The molecule has 11 heteroatoms. The average molecular weight is 525 g/mol. The zero-order valence-corrected chi connectivity index (χ0v) is 20.4. The quantitative estimate of drug-likeness (QED) is 0.353. The van der Waals surface area contributed by atoms with Crippen LogP contribution in [0.2, 0.25) is 0 Å². The Labute approximate surface area is 211 Å². The number of esters is 1. The van der Waals surface area contributed by atoms with Crippen LogP contribution in [0.3, 0.4) is 0 Å². The topological polar surface area (TPSA) is 104 Å². The van der Waals surface area contributed by atoms with Gasteiger partial charge in [0.2, 0.25) is 0 Å². The average Bonchev–Trinajstić information content (AvgIpc) is 3.31. The summed E-state index contributed by atoms with van der Waals surface area (Å²) < 4.78 is 59.2. The van der Waals surface area contributed by atoms with E-state index in [1.54, 1.807) is 24.3 Å². The molecule has 0 atom stereocenters. The van der Waals surface area contributed by atoms with Gasteiger partial charge in [0.15, 0.2) is 11.5 Å². The summed E-state index contributed by atoms with van der Waals surface area (Å²) >= 11 is 0. The van der Waals surface area contributed by atoms with Gasteiger partial charge >= 0.3 is 5.97 Å². The summed E-state index contributed by atoms with van der Waals surface area (Å²) in [4.78, 5) is 25.7. The van der Waals surface area contributed by atoms with E-state index in [0.29, 0.717) is 23.3 Å². The molecule has 37 heavy (non-hydrogen) atoms. The van der Waals surface area contributed by atoms with Gasteiger partial charge in [-0.25, -0.2) is 17.6 Å². The third-order valence-electron chi connectivity index (χ3n) is 5.88. The molecule has 0 spiro atoms. The number of hydrogen-bond donors (Lipinski definition) is 0. The second-order valence-electron chi connectivity index (χ2n) is 8.11. The number of ether oxygens (including phenoxy) is 3. The van der Waals surface area contributed by atoms with E-state index in [9.17, 15) is 22.4 Å². The van der Waals surface area contributed by atoms with E-state index in [0.717, 1.165) is 16.4 Å². The predicted octanol–water partition coefficient (Wildman–Crippen LogP) is 3.87. The van der Waals surface area contributed by atoms with Gasteiger partial charge in [0.05, 0.1) is 28.8 Å². The van der Waals surface area contributed by atoms with Crippen LogP contribution < -0.4 is 13.8 Å². The van der Waals surface area contributed by atoms with Gasteiger partial charge in [-0.2, -0.15) is 0 Å². The third kappa shape index (κ3) is 4.49. The summed E-state index contributed by atoms with van der Waals surface area (Å²) in [7, 11) is -3.09. The molecule has 1 aliphatic rings. The standard InChI is InChI=1S/C26H21FN2O7S/c1-34-26(31)21-15-28(22-5-3-2-4-20(21)22)25(30)16-29(18-8-6-17(27)7-9-18)37(32,33)19-10-11-23-24(14-19)36-13-12-35-23/h2-11,14-15H,12-13,16H2,1H3. The molecule has 1 aromatic heterocycles. The monoisotopic (exact) mass is 524 g/mol. The molecule has 190 valence electrons. The SMILES string of the molecule is COC(=O)c1cn(C(=O)CN(c2ccc(F)cc2)S(=O)(=O)c2ccc3c(c2)OCCO3)c2ccccc12. The van der Waals surface area contributed by atoms with Crippen molar-refractivity contribution in [2.45, 2.75) is 4.90 Å². The molecular formula is C26H21FN2O7S. The number of halogens is 1. The zero-order chi connectivity index (χ0) is 26.2. The summed E-state index contributed by atoms with van der Waals surface area (Å²) in [6.45, 7) is -0.0325. The number of anilines is 1. The van der Waals surface area contributed by atoms with Crippen molar-refractivity contribution in [2.24, 2.45) is 0 Å². The molecular weight excluding hydrogens is 503 g/mol. The molecule has 0 aliphatic carbocycles. The summed E-state index contributed by atoms with van der Waals surface area (Å²) in [5.74, 6) is -1.18. The van der Waals surface area contributed by atoms with Crippen molar-refractivity contribution < 1.29 is 36.6 Å². The van der Waals surface area contributed by atoms with Crippen LogP contribution in [0.4, 0.5) is 10.1 Å². The highest BCUT2D eigenvalue weighted by Crippen LogP contribution is 2.34. The number of nitrogens with zero attached hydrogens (tertiary/aromatic N) is 2. The lowest BCUT2D eigenvalue weighted by atomic mass is 10.2. The first-order chi connectivity index (χ1) is 17.8. The van der Waals surface area contributed by atoms with Crippen LogP contribution >= 0.6 is 0 Å². The van der Waals surface area contributed by atoms with Crippen molar-refractivity contribution in [3.05, 3.63) is 84.3 Å². The third-order valence-corrected chi connectivity index (χ3v) is 7.65. The predicted molar refractivity (Wildman–Crippen MR) is 132 cm³/mol. The first-order valence-corrected chi connectivity index (χ1v) is 12.6. The largest absolute Gasteiger partial charge is 0.486 e. The van der Waals surface area contributed by atoms with Gasteiger partial charge in [0, 0.05) is 17.6 Å². The molecule has 0 unspecified atom stereocenters. The fourth-order valence-corrected chi connectivity index (χ4v) is 5.52. The smallest absolute Gasteiger partial charge is 0.340 e. The molecule has 0 saturated heterocycles. The normalized spacial score (nSPS) is 12.8. The minimum absolute atomic E-state index is 0.0780. The molecule has 5 rings (SSSR count). The number of methoxy groups -OCH3 is 1. The van der Waals surface area contributed by atoms with Crippen LogP contribution in [0, 0.1) is 5.82 Å². The number of carbonyl (C=O) groups excluding carboxylic acids is 2. The Morgan fingerprint density at radius 1 is 1.00 bits per heavy atom. The van der Waals surface area contributed by atoms with Crippen molar-refractivity contribution in [3.63, 3.8) is 0 Å². The number of sulfonamides is 1. The van der Waals surface area contributed by atoms with Crippen molar-refractivity contribution >= 4 is 38.5 Å². The van der Waals surface area contributed by atoms with Gasteiger partial charge in [-0.1, -0.05) is 18.2 Å². The maximum Gasteiger partial charge on any atom is 0.340 e. The summed E-state index contributed by atoms with van der Waals surface area (Å²) in [5, 5.41) is 0.478. The second-order valence-corrected chi connectivity index (χ2v) is 9.97. The number of hydrogen-bond acceptors (Lipinski definition) is 7. The van der Waals surface area contributed by atoms with Gasteiger partial charge in [0.25, 0.3) is 15.9 Å². The maximum absolute atomic E-state index is 13.8. The van der Waals surface area contributed by atoms with Crippen LogP contribution in [-0.4, -0.2) is 51.7 Å². The number of aromatic nitrogens is 1. The van der Waals surface area contributed by atoms with Crippen LogP contribution in [0.25, 0.3) is 10.9 Å². The van der Waals surface area contributed by atoms with Crippen molar-refractivity contribution in [1.82, 2.24) is 4.57 Å². The summed E-state index contributed by atoms with van der Waals surface area (Å²) in [5.41, 5.74) is 0.646. The van der Waals surface area contributed by atoms with Crippen LogP contribution in [0.5, 0.6) is 11.5 Å².